The van der Waals surface area contributed by atoms with Crippen molar-refractivity contribution >= 4 is 0 Å². The molecule has 0 N–H and O–H groups in total. The molecule has 0 heterocycles. The largest absolute Gasteiger partial charge is 0.328 e. The van der Waals surface area contributed by atoms with Gasteiger partial charge in [0.05, 0.1) is 27.2 Å². The molecule has 0 aromatic heterocycles. The zero-order valence-electron chi connectivity index (χ0n) is 22.3. The lowest BCUT2D eigenvalue weighted by Gasteiger charge is -2.30. The van der Waals surface area contributed by atoms with Crippen LogP contribution in [0.15, 0.2) is 0 Å². The van der Waals surface area contributed by atoms with Crippen LogP contribution >= 0.6 is 0 Å². The lowest BCUT2D eigenvalue weighted by Crippen LogP contribution is -2.41. The van der Waals surface area contributed by atoms with Crippen LogP contribution in [-0.4, -0.2) is 31.7 Å². The van der Waals surface area contributed by atoms with E-state index in [1.54, 1.807) is 0 Å². The van der Waals surface area contributed by atoms with Crippen molar-refractivity contribution in [3.05, 3.63) is 0 Å². The number of hydrogen-bond donors (Lipinski definition) is 0. The van der Waals surface area contributed by atoms with Gasteiger partial charge in [0.1, 0.15) is 0 Å². The SMILES string of the molecule is CCCCCCCCCCCCCCCCCCCCCC[N+](C)(C)CCC(C)C. The van der Waals surface area contributed by atoms with E-state index in [0.29, 0.717) is 0 Å². The Morgan fingerprint density at radius 2 is 0.733 bits per heavy atom. The van der Waals surface area contributed by atoms with Gasteiger partial charge >= 0.3 is 0 Å². The van der Waals surface area contributed by atoms with Crippen LogP contribution in [0, 0.1) is 5.92 Å². The summed E-state index contributed by atoms with van der Waals surface area (Å²) in [5.41, 5.74) is 0. The molecule has 0 spiro atoms. The summed E-state index contributed by atoms with van der Waals surface area (Å²) in [5, 5.41) is 0. The fourth-order valence-corrected chi connectivity index (χ4v) is 4.51. The Balaban J connectivity index is 3.16. The Morgan fingerprint density at radius 3 is 1.03 bits per heavy atom. The fourth-order valence-electron chi connectivity index (χ4n) is 4.51. The zero-order chi connectivity index (χ0) is 22.3. The third kappa shape index (κ3) is 24.2. The standard InChI is InChI=1S/C29H62N/c1-6-7-8-9-10-11-12-13-14-15-16-17-18-19-20-21-22-23-24-25-27-30(4,5)28-26-29(2)3/h29H,6-28H2,1-5H3/q+1. The maximum atomic E-state index is 2.41. The van der Waals surface area contributed by atoms with Crippen LogP contribution < -0.4 is 0 Å². The Bertz CT molecular complexity index is 320. The summed E-state index contributed by atoms with van der Waals surface area (Å²) in [5.74, 6) is 0.845. The third-order valence-corrected chi connectivity index (χ3v) is 6.93. The van der Waals surface area contributed by atoms with Crippen LogP contribution in [0.3, 0.4) is 0 Å². The molecular formula is C29H62N+. The van der Waals surface area contributed by atoms with Crippen molar-refractivity contribution in [1.29, 1.82) is 0 Å². The van der Waals surface area contributed by atoms with E-state index in [2.05, 4.69) is 34.9 Å². The quantitative estimate of drug-likeness (QED) is 0.107. The summed E-state index contributed by atoms with van der Waals surface area (Å²) in [4.78, 5) is 0. The lowest BCUT2D eigenvalue weighted by molar-refractivity contribution is -0.891. The second kappa shape index (κ2) is 22.2. The lowest BCUT2D eigenvalue weighted by atomic mass is 10.0. The number of unbranched alkanes of at least 4 members (excludes halogenated alkanes) is 19. The molecule has 0 unspecified atom stereocenters. The molecule has 0 aromatic rings. The minimum atomic E-state index is 0.845. The molecule has 0 saturated heterocycles. The highest BCUT2D eigenvalue weighted by atomic mass is 15.3. The van der Waals surface area contributed by atoms with Gasteiger partial charge < -0.3 is 4.48 Å². The van der Waals surface area contributed by atoms with E-state index in [0.717, 1.165) is 5.92 Å². The molecule has 0 amide bonds. The zero-order valence-corrected chi connectivity index (χ0v) is 22.3. The second-order valence-electron chi connectivity index (χ2n) is 11.3. The molecule has 0 saturated carbocycles. The third-order valence-electron chi connectivity index (χ3n) is 6.93. The molecule has 0 rings (SSSR count). The van der Waals surface area contributed by atoms with Gasteiger partial charge in [-0.2, -0.15) is 0 Å². The minimum Gasteiger partial charge on any atom is -0.328 e. The maximum Gasteiger partial charge on any atom is 0.0784 e. The first-order valence-corrected chi connectivity index (χ1v) is 14.3. The summed E-state index contributed by atoms with van der Waals surface area (Å²) in [7, 11) is 4.83. The van der Waals surface area contributed by atoms with E-state index in [9.17, 15) is 0 Å². The molecular weight excluding hydrogens is 362 g/mol. The molecule has 1 nitrogen and oxygen atoms in total. The van der Waals surface area contributed by atoms with Crippen molar-refractivity contribution in [2.24, 2.45) is 5.92 Å². The number of rotatable bonds is 24. The van der Waals surface area contributed by atoms with Crippen molar-refractivity contribution in [3.63, 3.8) is 0 Å². The van der Waals surface area contributed by atoms with Crippen molar-refractivity contribution in [2.75, 3.05) is 27.2 Å². The highest BCUT2D eigenvalue weighted by Gasteiger charge is 2.14. The molecule has 1 heteroatoms. The predicted octanol–water partition coefficient (Wildman–Crippen LogP) is 9.93. The van der Waals surface area contributed by atoms with Gasteiger partial charge in [-0.05, 0) is 25.2 Å². The van der Waals surface area contributed by atoms with Gasteiger partial charge in [0.25, 0.3) is 0 Å². The van der Waals surface area contributed by atoms with Crippen molar-refractivity contribution < 1.29 is 4.48 Å². The first-order chi connectivity index (χ1) is 14.5. The second-order valence-corrected chi connectivity index (χ2v) is 11.3. The van der Waals surface area contributed by atoms with Gasteiger partial charge in [0.15, 0.2) is 0 Å². The average Bonchev–Trinajstić information content (AvgIpc) is 2.71. The summed E-state index contributed by atoms with van der Waals surface area (Å²) in [6, 6.07) is 0. The van der Waals surface area contributed by atoms with E-state index in [-0.39, 0.29) is 0 Å². The molecule has 0 aliphatic rings. The van der Waals surface area contributed by atoms with Crippen LogP contribution in [-0.2, 0) is 0 Å². The molecule has 0 fully saturated rings. The molecule has 0 aliphatic heterocycles. The number of nitrogens with zero attached hydrogens (tertiary/aromatic N) is 1. The smallest absolute Gasteiger partial charge is 0.0784 e. The van der Waals surface area contributed by atoms with Crippen molar-refractivity contribution in [2.45, 2.75) is 156 Å². The first-order valence-electron chi connectivity index (χ1n) is 14.3. The predicted molar refractivity (Wildman–Crippen MR) is 139 cm³/mol. The summed E-state index contributed by atoms with van der Waals surface area (Å²) < 4.78 is 1.22. The topological polar surface area (TPSA) is 0 Å². The summed E-state index contributed by atoms with van der Waals surface area (Å²) in [6.45, 7) is 9.71. The van der Waals surface area contributed by atoms with Gasteiger partial charge in [0, 0.05) is 0 Å². The van der Waals surface area contributed by atoms with E-state index in [4.69, 9.17) is 0 Å². The molecule has 0 atom stereocenters. The normalized spacial score (nSPS) is 12.2. The van der Waals surface area contributed by atoms with Crippen LogP contribution in [0.4, 0.5) is 0 Å². The Labute approximate surface area is 193 Å². The van der Waals surface area contributed by atoms with Gasteiger partial charge in [-0.25, -0.2) is 0 Å². The van der Waals surface area contributed by atoms with Crippen molar-refractivity contribution in [3.8, 4) is 0 Å². The Morgan fingerprint density at radius 1 is 0.433 bits per heavy atom. The van der Waals surface area contributed by atoms with Gasteiger partial charge in [0.2, 0.25) is 0 Å². The van der Waals surface area contributed by atoms with Crippen LogP contribution in [0.1, 0.15) is 156 Å². The highest BCUT2D eigenvalue weighted by Crippen LogP contribution is 2.15. The van der Waals surface area contributed by atoms with E-state index in [1.165, 1.54) is 152 Å². The van der Waals surface area contributed by atoms with Crippen LogP contribution in [0.2, 0.25) is 0 Å². The maximum absolute atomic E-state index is 2.41. The van der Waals surface area contributed by atoms with E-state index >= 15 is 0 Å². The van der Waals surface area contributed by atoms with E-state index in [1.807, 2.05) is 0 Å². The molecule has 0 aliphatic carbocycles. The molecule has 0 aromatic carbocycles. The van der Waals surface area contributed by atoms with Crippen molar-refractivity contribution in [1.82, 2.24) is 0 Å². The average molecular weight is 425 g/mol. The molecule has 0 radical (unpaired) electrons. The van der Waals surface area contributed by atoms with Gasteiger partial charge in [-0.3, -0.25) is 0 Å². The summed E-state index contributed by atoms with van der Waals surface area (Å²) >= 11 is 0. The Kier molecular flexibility index (Phi) is 22.1. The minimum absolute atomic E-state index is 0.845. The first kappa shape index (κ1) is 30.0. The number of hydrogen-bond acceptors (Lipinski definition) is 0. The summed E-state index contributed by atoms with van der Waals surface area (Å²) in [6.07, 6.45) is 30.7. The Hall–Kier alpha value is -0.0400. The van der Waals surface area contributed by atoms with Crippen LogP contribution in [0.5, 0.6) is 0 Å². The fraction of sp³-hybridized carbons (Fsp3) is 1.00. The van der Waals surface area contributed by atoms with Gasteiger partial charge in [-0.15, -0.1) is 0 Å². The van der Waals surface area contributed by atoms with Crippen LogP contribution in [0.25, 0.3) is 0 Å². The molecule has 182 valence electrons. The highest BCUT2D eigenvalue weighted by molar-refractivity contribution is 4.51. The van der Waals surface area contributed by atoms with Gasteiger partial charge in [-0.1, -0.05) is 136 Å². The monoisotopic (exact) mass is 424 g/mol. The molecule has 0 bridgehead atoms. The number of quaternary nitrogens is 1. The van der Waals surface area contributed by atoms with E-state index < -0.39 is 0 Å². The molecule has 30 heavy (non-hydrogen) atoms.